The Balaban J connectivity index is 1.63. The smallest absolute Gasteiger partial charge is 0.227 e. The number of benzene rings is 2. The van der Waals surface area contributed by atoms with Crippen molar-refractivity contribution in [3.63, 3.8) is 0 Å². The minimum absolute atomic E-state index is 0.0845. The zero-order valence-electron chi connectivity index (χ0n) is 12.8. The van der Waals surface area contributed by atoms with E-state index in [1.54, 1.807) is 0 Å². The highest BCUT2D eigenvalue weighted by molar-refractivity contribution is 5.83. The lowest BCUT2D eigenvalue weighted by molar-refractivity contribution is -0.122. The van der Waals surface area contributed by atoms with Crippen LogP contribution in [0, 0.1) is 0 Å². The second-order valence-electron chi connectivity index (χ2n) is 5.66. The number of carbonyl (C=O) groups excluding carboxylic acids is 1. The van der Waals surface area contributed by atoms with Gasteiger partial charge in [-0.3, -0.25) is 4.79 Å². The van der Waals surface area contributed by atoms with Gasteiger partial charge >= 0.3 is 0 Å². The van der Waals surface area contributed by atoms with Crippen LogP contribution < -0.4 is 10.1 Å². The average molecular weight is 295 g/mol. The average Bonchev–Trinajstić information content (AvgIpc) is 2.98. The van der Waals surface area contributed by atoms with Crippen molar-refractivity contribution in [1.82, 2.24) is 5.32 Å². The van der Waals surface area contributed by atoms with Gasteiger partial charge < -0.3 is 10.1 Å². The molecular weight excluding hydrogens is 274 g/mol. The minimum atomic E-state index is -0.0845. The summed E-state index contributed by atoms with van der Waals surface area (Å²) in [5.74, 6) is 1.20. The first kappa shape index (κ1) is 14.6. The van der Waals surface area contributed by atoms with E-state index in [0.29, 0.717) is 13.2 Å². The van der Waals surface area contributed by atoms with Gasteiger partial charge in [0.05, 0.1) is 12.5 Å². The standard InChI is InChI=1S/C19H21NO2/c1-2-16(14-8-4-3-5-9-14)19(21)20-12-15-13-22-18-11-7-6-10-17(15)18/h3-11,15-16H,2,12-13H2,1H3,(H,20,21). The van der Waals surface area contributed by atoms with Crippen LogP contribution in [0.15, 0.2) is 54.6 Å². The van der Waals surface area contributed by atoms with Gasteiger partial charge in [-0.2, -0.15) is 0 Å². The Hall–Kier alpha value is -2.29. The molecule has 114 valence electrons. The molecule has 2 aromatic rings. The van der Waals surface area contributed by atoms with Crippen LogP contribution in [0.3, 0.4) is 0 Å². The quantitative estimate of drug-likeness (QED) is 0.917. The number of nitrogens with one attached hydrogen (secondary N) is 1. The van der Waals surface area contributed by atoms with Crippen molar-refractivity contribution >= 4 is 5.91 Å². The highest BCUT2D eigenvalue weighted by Crippen LogP contribution is 2.33. The maximum atomic E-state index is 12.5. The Morgan fingerprint density at radius 1 is 1.18 bits per heavy atom. The molecule has 2 aromatic carbocycles. The topological polar surface area (TPSA) is 38.3 Å². The number of ether oxygens (including phenoxy) is 1. The number of rotatable bonds is 5. The third-order valence-electron chi connectivity index (χ3n) is 4.25. The summed E-state index contributed by atoms with van der Waals surface area (Å²) in [6.45, 7) is 3.31. The molecule has 0 radical (unpaired) electrons. The molecule has 1 aliphatic heterocycles. The molecule has 0 spiro atoms. The molecular formula is C19H21NO2. The fourth-order valence-corrected chi connectivity index (χ4v) is 3.00. The van der Waals surface area contributed by atoms with Gasteiger partial charge in [0.25, 0.3) is 0 Å². The zero-order valence-corrected chi connectivity index (χ0v) is 12.8. The van der Waals surface area contributed by atoms with Crippen molar-refractivity contribution in [2.75, 3.05) is 13.2 Å². The molecule has 3 heteroatoms. The molecule has 2 atom stereocenters. The largest absolute Gasteiger partial charge is 0.493 e. The monoisotopic (exact) mass is 295 g/mol. The van der Waals surface area contributed by atoms with Crippen LogP contribution in [-0.2, 0) is 4.79 Å². The minimum Gasteiger partial charge on any atom is -0.493 e. The van der Waals surface area contributed by atoms with E-state index in [1.165, 1.54) is 5.56 Å². The van der Waals surface area contributed by atoms with E-state index in [-0.39, 0.29) is 17.7 Å². The molecule has 0 saturated carbocycles. The van der Waals surface area contributed by atoms with E-state index in [9.17, 15) is 4.79 Å². The molecule has 0 aromatic heterocycles. The molecule has 1 N–H and O–H groups in total. The van der Waals surface area contributed by atoms with Crippen LogP contribution in [0.4, 0.5) is 0 Å². The van der Waals surface area contributed by atoms with Crippen LogP contribution in [0.2, 0.25) is 0 Å². The number of para-hydroxylation sites is 1. The second kappa shape index (κ2) is 6.65. The summed E-state index contributed by atoms with van der Waals surface area (Å²) in [6, 6.07) is 18.0. The summed E-state index contributed by atoms with van der Waals surface area (Å²) >= 11 is 0. The molecule has 0 fully saturated rings. The summed E-state index contributed by atoms with van der Waals surface area (Å²) in [5.41, 5.74) is 2.26. The van der Waals surface area contributed by atoms with Crippen molar-refractivity contribution in [2.24, 2.45) is 0 Å². The Morgan fingerprint density at radius 3 is 2.68 bits per heavy atom. The first-order valence-electron chi connectivity index (χ1n) is 7.84. The Kier molecular flexibility index (Phi) is 4.42. The molecule has 0 saturated heterocycles. The van der Waals surface area contributed by atoms with Crippen LogP contribution in [0.1, 0.15) is 36.3 Å². The Morgan fingerprint density at radius 2 is 1.91 bits per heavy atom. The third kappa shape index (κ3) is 2.98. The normalized spacial score (nSPS) is 17.4. The molecule has 1 aliphatic rings. The summed E-state index contributed by atoms with van der Waals surface area (Å²) in [6.07, 6.45) is 0.799. The van der Waals surface area contributed by atoms with Gasteiger partial charge in [0.1, 0.15) is 5.75 Å². The fraction of sp³-hybridized carbons (Fsp3) is 0.316. The maximum absolute atomic E-state index is 12.5. The molecule has 1 heterocycles. The predicted molar refractivity (Wildman–Crippen MR) is 87.2 cm³/mol. The lowest BCUT2D eigenvalue weighted by Gasteiger charge is -2.17. The first-order valence-corrected chi connectivity index (χ1v) is 7.84. The number of amides is 1. The molecule has 22 heavy (non-hydrogen) atoms. The van der Waals surface area contributed by atoms with Gasteiger partial charge in [-0.1, -0.05) is 55.5 Å². The van der Waals surface area contributed by atoms with Gasteiger partial charge in [-0.15, -0.1) is 0 Å². The third-order valence-corrected chi connectivity index (χ3v) is 4.25. The first-order chi connectivity index (χ1) is 10.8. The highest BCUT2D eigenvalue weighted by atomic mass is 16.5. The Bertz CT molecular complexity index is 639. The Labute approximate surface area is 131 Å². The molecule has 0 bridgehead atoms. The molecule has 3 nitrogen and oxygen atoms in total. The number of hydrogen-bond acceptors (Lipinski definition) is 2. The van der Waals surface area contributed by atoms with E-state index in [4.69, 9.17) is 4.74 Å². The number of hydrogen-bond donors (Lipinski definition) is 1. The SMILES string of the molecule is CCC(C(=O)NCC1COc2ccccc21)c1ccccc1. The highest BCUT2D eigenvalue weighted by Gasteiger charge is 2.25. The van der Waals surface area contributed by atoms with Crippen molar-refractivity contribution in [2.45, 2.75) is 25.2 Å². The molecule has 1 amide bonds. The summed E-state index contributed by atoms with van der Waals surface area (Å²) in [7, 11) is 0. The number of carbonyl (C=O) groups is 1. The lowest BCUT2D eigenvalue weighted by Crippen LogP contribution is -2.33. The fourth-order valence-electron chi connectivity index (χ4n) is 3.00. The van der Waals surface area contributed by atoms with Gasteiger partial charge in [0, 0.05) is 18.0 Å². The van der Waals surface area contributed by atoms with Crippen LogP contribution in [0.5, 0.6) is 5.75 Å². The number of fused-ring (bicyclic) bond motifs is 1. The molecule has 3 rings (SSSR count). The van der Waals surface area contributed by atoms with Gasteiger partial charge in [-0.25, -0.2) is 0 Å². The van der Waals surface area contributed by atoms with E-state index < -0.39 is 0 Å². The van der Waals surface area contributed by atoms with Crippen molar-refractivity contribution in [1.29, 1.82) is 0 Å². The summed E-state index contributed by atoms with van der Waals surface area (Å²) in [4.78, 5) is 12.5. The predicted octanol–water partition coefficient (Wildman–Crippen LogP) is 3.47. The zero-order chi connectivity index (χ0) is 15.4. The van der Waals surface area contributed by atoms with Crippen LogP contribution in [-0.4, -0.2) is 19.1 Å². The lowest BCUT2D eigenvalue weighted by atomic mass is 9.95. The van der Waals surface area contributed by atoms with E-state index in [1.807, 2.05) is 55.5 Å². The van der Waals surface area contributed by atoms with E-state index in [0.717, 1.165) is 17.7 Å². The van der Waals surface area contributed by atoms with E-state index in [2.05, 4.69) is 11.4 Å². The van der Waals surface area contributed by atoms with Crippen molar-refractivity contribution < 1.29 is 9.53 Å². The van der Waals surface area contributed by atoms with Crippen LogP contribution >= 0.6 is 0 Å². The van der Waals surface area contributed by atoms with Crippen LogP contribution in [0.25, 0.3) is 0 Å². The van der Waals surface area contributed by atoms with E-state index >= 15 is 0 Å². The van der Waals surface area contributed by atoms with Gasteiger partial charge in [0.2, 0.25) is 5.91 Å². The second-order valence-corrected chi connectivity index (χ2v) is 5.66. The molecule has 0 aliphatic carbocycles. The summed E-state index contributed by atoms with van der Waals surface area (Å²) in [5, 5.41) is 3.10. The van der Waals surface area contributed by atoms with Crippen molar-refractivity contribution in [3.8, 4) is 5.75 Å². The molecule has 2 unspecified atom stereocenters. The van der Waals surface area contributed by atoms with Gasteiger partial charge in [0.15, 0.2) is 0 Å². The maximum Gasteiger partial charge on any atom is 0.227 e. The van der Waals surface area contributed by atoms with Gasteiger partial charge in [-0.05, 0) is 18.1 Å². The van der Waals surface area contributed by atoms with Crippen molar-refractivity contribution in [3.05, 3.63) is 65.7 Å². The summed E-state index contributed by atoms with van der Waals surface area (Å²) < 4.78 is 5.66.